The summed E-state index contributed by atoms with van der Waals surface area (Å²) in [7, 11) is 1.33. The highest BCUT2D eigenvalue weighted by Gasteiger charge is 2.46. The summed E-state index contributed by atoms with van der Waals surface area (Å²) in [5.41, 5.74) is -0.865. The number of aliphatic carboxylic acids is 1. The summed E-state index contributed by atoms with van der Waals surface area (Å²) in [6, 6.07) is 3.52. The van der Waals surface area contributed by atoms with Gasteiger partial charge in [0.15, 0.2) is 0 Å². The van der Waals surface area contributed by atoms with Gasteiger partial charge in [0.05, 0.1) is 13.2 Å². The topological polar surface area (TPSA) is 151 Å². The average Bonchev–Trinajstić information content (AvgIpc) is 2.95. The van der Waals surface area contributed by atoms with Crippen LogP contribution in [-0.4, -0.2) is 60.0 Å². The standard InChI is InChI=1S/C28H29ClF5N3O7/c1-14(2)21(23(40)28(32,33)34)36-25(42)22(15-7-9-18(44-3)10-8-15)37-24(41)19(11-12-20(38)39)35-26(43)27(30,31)16-5-4-6-17(29)13-16/h4-10,13-14,19,21-22H,11-12H2,1-3H3,(H,35,43)(H,36,42)(H,37,41)(H,38,39). The number of Topliss-reactive ketones (excluding diaryl/α,β-unsaturated/α-hetero) is 1. The second-order valence-electron chi connectivity index (χ2n) is 9.85. The van der Waals surface area contributed by atoms with Crippen molar-refractivity contribution in [3.8, 4) is 5.75 Å². The predicted molar refractivity (Wildman–Crippen MR) is 146 cm³/mol. The Morgan fingerprint density at radius 1 is 0.909 bits per heavy atom. The number of nitrogens with one attached hydrogen (secondary N) is 3. The molecule has 10 nitrogen and oxygen atoms in total. The van der Waals surface area contributed by atoms with E-state index in [0.717, 1.165) is 18.2 Å². The molecule has 2 aromatic rings. The van der Waals surface area contributed by atoms with E-state index in [-0.39, 0.29) is 10.6 Å². The lowest BCUT2D eigenvalue weighted by atomic mass is 9.97. The fourth-order valence-electron chi connectivity index (χ4n) is 3.89. The zero-order chi connectivity index (χ0) is 33.4. The van der Waals surface area contributed by atoms with Gasteiger partial charge in [0.2, 0.25) is 11.8 Å². The van der Waals surface area contributed by atoms with Gasteiger partial charge >= 0.3 is 18.1 Å². The third-order valence-electron chi connectivity index (χ3n) is 6.27. The van der Waals surface area contributed by atoms with E-state index in [1.807, 2.05) is 5.32 Å². The number of carbonyl (C=O) groups is 5. The number of hydrogen-bond acceptors (Lipinski definition) is 6. The fourth-order valence-corrected chi connectivity index (χ4v) is 4.08. The maximum atomic E-state index is 15.0. The molecular weight excluding hydrogens is 621 g/mol. The highest BCUT2D eigenvalue weighted by Crippen LogP contribution is 2.30. The molecule has 16 heteroatoms. The van der Waals surface area contributed by atoms with Crippen LogP contribution < -0.4 is 20.7 Å². The van der Waals surface area contributed by atoms with Crippen LogP contribution in [0.4, 0.5) is 22.0 Å². The van der Waals surface area contributed by atoms with Gasteiger partial charge in [0.1, 0.15) is 17.8 Å². The Bertz CT molecular complexity index is 1370. The zero-order valence-corrected chi connectivity index (χ0v) is 24.3. The smallest absolute Gasteiger partial charge is 0.452 e. The molecule has 3 atom stereocenters. The number of rotatable bonds is 14. The number of hydrogen-bond donors (Lipinski definition) is 4. The van der Waals surface area contributed by atoms with Gasteiger partial charge in [-0.1, -0.05) is 49.7 Å². The van der Waals surface area contributed by atoms with Crippen LogP contribution in [0, 0.1) is 5.92 Å². The third-order valence-corrected chi connectivity index (χ3v) is 6.50. The Hall–Kier alpha value is -4.27. The van der Waals surface area contributed by atoms with Crippen molar-refractivity contribution < 1.29 is 55.8 Å². The molecule has 2 aromatic carbocycles. The Morgan fingerprint density at radius 2 is 1.52 bits per heavy atom. The summed E-state index contributed by atoms with van der Waals surface area (Å²) < 4.78 is 74.5. The SMILES string of the molecule is COc1ccc(C(NC(=O)C(CCC(=O)O)NC(=O)C(F)(F)c2cccc(Cl)c2)C(=O)NC(C(=O)C(F)(F)F)C(C)C)cc1. The first-order valence-corrected chi connectivity index (χ1v) is 13.3. The number of carbonyl (C=O) groups excluding carboxylic acids is 4. The molecule has 0 fully saturated rings. The van der Waals surface area contributed by atoms with Gasteiger partial charge in [-0.15, -0.1) is 0 Å². The van der Waals surface area contributed by atoms with Gasteiger partial charge in [-0.25, -0.2) is 0 Å². The van der Waals surface area contributed by atoms with Crippen LogP contribution in [0.15, 0.2) is 48.5 Å². The number of methoxy groups -OCH3 is 1. The van der Waals surface area contributed by atoms with Crippen molar-refractivity contribution in [1.29, 1.82) is 0 Å². The summed E-state index contributed by atoms with van der Waals surface area (Å²) in [5.74, 6) is -13.3. The van der Waals surface area contributed by atoms with E-state index in [0.29, 0.717) is 5.75 Å². The molecule has 44 heavy (non-hydrogen) atoms. The van der Waals surface area contributed by atoms with Crippen LogP contribution in [0.2, 0.25) is 5.02 Å². The zero-order valence-electron chi connectivity index (χ0n) is 23.5. The molecule has 2 rings (SSSR count). The number of ether oxygens (including phenoxy) is 1. The van der Waals surface area contributed by atoms with E-state index in [2.05, 4.69) is 5.32 Å². The van der Waals surface area contributed by atoms with Gasteiger partial charge < -0.3 is 25.8 Å². The maximum Gasteiger partial charge on any atom is 0.452 e. The van der Waals surface area contributed by atoms with Crippen molar-refractivity contribution >= 4 is 41.1 Å². The molecule has 0 aliphatic carbocycles. The molecule has 240 valence electrons. The molecule has 0 aliphatic heterocycles. The molecule has 3 unspecified atom stereocenters. The van der Waals surface area contributed by atoms with Gasteiger partial charge in [0, 0.05) is 17.0 Å². The van der Waals surface area contributed by atoms with Crippen LogP contribution in [0.3, 0.4) is 0 Å². The Labute approximate surface area is 253 Å². The number of carboxylic acid groups (broad SMARTS) is 1. The van der Waals surface area contributed by atoms with Crippen molar-refractivity contribution in [1.82, 2.24) is 16.0 Å². The number of alkyl halides is 5. The van der Waals surface area contributed by atoms with E-state index in [1.54, 1.807) is 5.32 Å². The van der Waals surface area contributed by atoms with Crippen LogP contribution in [0.5, 0.6) is 5.75 Å². The number of halogens is 6. The average molecular weight is 650 g/mol. The second kappa shape index (κ2) is 14.9. The van der Waals surface area contributed by atoms with Gasteiger partial charge in [-0.05, 0) is 42.2 Å². The quantitative estimate of drug-likeness (QED) is 0.227. The Morgan fingerprint density at radius 3 is 2.02 bits per heavy atom. The van der Waals surface area contributed by atoms with Crippen molar-refractivity contribution in [2.75, 3.05) is 7.11 Å². The fraction of sp³-hybridized carbons (Fsp3) is 0.393. The maximum absolute atomic E-state index is 15.0. The van der Waals surface area contributed by atoms with E-state index in [4.69, 9.17) is 21.4 Å². The Kier molecular flexibility index (Phi) is 12.2. The molecule has 0 spiro atoms. The minimum atomic E-state index is -5.30. The predicted octanol–water partition coefficient (Wildman–Crippen LogP) is 3.92. The monoisotopic (exact) mass is 649 g/mol. The molecule has 0 saturated carbocycles. The van der Waals surface area contributed by atoms with Crippen LogP contribution in [0.25, 0.3) is 0 Å². The molecule has 3 amide bonds. The number of carboxylic acids is 1. The van der Waals surface area contributed by atoms with Gasteiger partial charge in [-0.2, -0.15) is 22.0 Å². The first kappa shape index (κ1) is 35.9. The van der Waals surface area contributed by atoms with Crippen molar-refractivity contribution in [2.24, 2.45) is 5.92 Å². The number of benzene rings is 2. The first-order valence-electron chi connectivity index (χ1n) is 12.9. The van der Waals surface area contributed by atoms with Gasteiger partial charge in [0.25, 0.3) is 11.7 Å². The van der Waals surface area contributed by atoms with E-state index >= 15 is 0 Å². The van der Waals surface area contributed by atoms with Crippen molar-refractivity contribution in [3.63, 3.8) is 0 Å². The molecule has 0 aliphatic rings. The summed E-state index contributed by atoms with van der Waals surface area (Å²) >= 11 is 5.74. The van der Waals surface area contributed by atoms with E-state index < -0.39 is 84.0 Å². The minimum Gasteiger partial charge on any atom is -0.497 e. The number of ketones is 1. The van der Waals surface area contributed by atoms with Crippen LogP contribution >= 0.6 is 11.6 Å². The van der Waals surface area contributed by atoms with Gasteiger partial charge in [-0.3, -0.25) is 24.0 Å². The largest absolute Gasteiger partial charge is 0.497 e. The molecule has 0 saturated heterocycles. The minimum absolute atomic E-state index is 0.0359. The van der Waals surface area contributed by atoms with Crippen molar-refractivity contribution in [3.05, 3.63) is 64.7 Å². The highest BCUT2D eigenvalue weighted by molar-refractivity contribution is 6.30. The van der Waals surface area contributed by atoms with Crippen LogP contribution in [0.1, 0.15) is 43.9 Å². The first-order chi connectivity index (χ1) is 20.4. The molecule has 4 N–H and O–H groups in total. The number of amides is 3. The Balaban J connectivity index is 2.44. The summed E-state index contributed by atoms with van der Waals surface area (Å²) in [6.07, 6.45) is -6.80. The summed E-state index contributed by atoms with van der Waals surface area (Å²) in [6.45, 7) is 2.49. The molecular formula is C28H29ClF5N3O7. The lowest BCUT2D eigenvalue weighted by molar-refractivity contribution is -0.175. The molecule has 0 bridgehead atoms. The van der Waals surface area contributed by atoms with Crippen molar-refractivity contribution in [2.45, 2.75) is 56.9 Å². The molecule has 0 radical (unpaired) electrons. The summed E-state index contributed by atoms with van der Waals surface area (Å²) in [4.78, 5) is 62.4. The lowest BCUT2D eigenvalue weighted by Gasteiger charge is -2.27. The third kappa shape index (κ3) is 9.62. The van der Waals surface area contributed by atoms with Crippen LogP contribution in [-0.2, 0) is 29.9 Å². The summed E-state index contributed by atoms with van der Waals surface area (Å²) in [5, 5.41) is 14.9. The molecule has 0 heterocycles. The normalized spacial score (nSPS) is 13.8. The molecule has 0 aromatic heterocycles. The highest BCUT2D eigenvalue weighted by atomic mass is 35.5. The van der Waals surface area contributed by atoms with E-state index in [1.165, 1.54) is 51.3 Å². The lowest BCUT2D eigenvalue weighted by Crippen LogP contribution is -2.55. The van der Waals surface area contributed by atoms with E-state index in [9.17, 15) is 45.9 Å². The second-order valence-corrected chi connectivity index (χ2v) is 10.3.